The summed E-state index contributed by atoms with van der Waals surface area (Å²) in [6.07, 6.45) is 0. The average Bonchev–Trinajstić information content (AvgIpc) is 2.61. The summed E-state index contributed by atoms with van der Waals surface area (Å²) in [5.74, 6) is -1.27. The monoisotopic (exact) mass is 256 g/mol. The SMILES string of the molecule is CCOC(=O)c1nc(NC(C)=O)sc1C(C)=O. The maximum atomic E-state index is 11.5. The smallest absolute Gasteiger partial charge is 0.358 e. The Bertz CT molecular complexity index is 467. The van der Waals surface area contributed by atoms with Crippen LogP contribution in [0.1, 0.15) is 40.9 Å². The topological polar surface area (TPSA) is 85.4 Å². The molecule has 0 aliphatic rings. The highest BCUT2D eigenvalue weighted by molar-refractivity contribution is 7.18. The molecule has 0 aliphatic carbocycles. The van der Waals surface area contributed by atoms with Crippen molar-refractivity contribution in [1.82, 2.24) is 4.98 Å². The molecule has 0 unspecified atom stereocenters. The van der Waals surface area contributed by atoms with Gasteiger partial charge in [-0.25, -0.2) is 9.78 Å². The molecule has 1 N–H and O–H groups in total. The van der Waals surface area contributed by atoms with Gasteiger partial charge < -0.3 is 10.1 Å². The zero-order chi connectivity index (χ0) is 13.0. The Labute approximate surface area is 102 Å². The molecule has 0 spiro atoms. The molecule has 17 heavy (non-hydrogen) atoms. The third-order valence-corrected chi connectivity index (χ3v) is 2.77. The Morgan fingerprint density at radius 3 is 2.47 bits per heavy atom. The molecule has 1 aromatic heterocycles. The van der Waals surface area contributed by atoms with Gasteiger partial charge in [0.2, 0.25) is 5.91 Å². The summed E-state index contributed by atoms with van der Waals surface area (Å²) in [5.41, 5.74) is -0.0481. The summed E-state index contributed by atoms with van der Waals surface area (Å²) < 4.78 is 4.78. The largest absolute Gasteiger partial charge is 0.461 e. The fourth-order valence-electron chi connectivity index (χ4n) is 1.10. The lowest BCUT2D eigenvalue weighted by Crippen LogP contribution is -2.10. The van der Waals surface area contributed by atoms with Crippen LogP contribution in [0.2, 0.25) is 0 Å². The van der Waals surface area contributed by atoms with Gasteiger partial charge in [-0.15, -0.1) is 0 Å². The van der Waals surface area contributed by atoms with Gasteiger partial charge in [0.15, 0.2) is 16.6 Å². The number of thiazole rings is 1. The van der Waals surface area contributed by atoms with Crippen molar-refractivity contribution in [2.45, 2.75) is 20.8 Å². The van der Waals surface area contributed by atoms with Gasteiger partial charge in [-0.2, -0.15) is 0 Å². The normalized spacial score (nSPS) is 9.82. The molecule has 6 nitrogen and oxygen atoms in total. The van der Waals surface area contributed by atoms with Gasteiger partial charge in [-0.3, -0.25) is 9.59 Å². The molecule has 0 bridgehead atoms. The number of ether oxygens (including phenoxy) is 1. The summed E-state index contributed by atoms with van der Waals surface area (Å²) in [6, 6.07) is 0. The molecule has 0 atom stereocenters. The first-order chi connectivity index (χ1) is 7.95. The molecule has 1 amide bonds. The third-order valence-electron chi connectivity index (χ3n) is 1.70. The number of ketones is 1. The van der Waals surface area contributed by atoms with E-state index in [1.165, 1.54) is 13.8 Å². The summed E-state index contributed by atoms with van der Waals surface area (Å²) >= 11 is 0.957. The van der Waals surface area contributed by atoms with Crippen LogP contribution in [0, 0.1) is 0 Å². The number of carbonyl (C=O) groups is 3. The number of aromatic nitrogens is 1. The molecule has 1 rings (SSSR count). The van der Waals surface area contributed by atoms with Crippen LogP contribution in [-0.2, 0) is 9.53 Å². The minimum atomic E-state index is -0.662. The standard InChI is InChI=1S/C10H12N2O4S/c1-4-16-9(15)7-8(5(2)13)17-10(12-7)11-6(3)14/h4H2,1-3H3,(H,11,12,14). The molecule has 0 saturated heterocycles. The summed E-state index contributed by atoms with van der Waals surface area (Å²) in [6.45, 7) is 4.50. The predicted octanol–water partition coefficient (Wildman–Crippen LogP) is 1.48. The molecule has 1 heterocycles. The number of esters is 1. The Kier molecular flexibility index (Phi) is 4.33. The number of rotatable bonds is 4. The summed E-state index contributed by atoms with van der Waals surface area (Å²) in [4.78, 5) is 37.8. The van der Waals surface area contributed by atoms with E-state index in [1.807, 2.05) is 0 Å². The van der Waals surface area contributed by atoms with Crippen molar-refractivity contribution in [3.8, 4) is 0 Å². The maximum Gasteiger partial charge on any atom is 0.358 e. The average molecular weight is 256 g/mol. The Hall–Kier alpha value is -1.76. The predicted molar refractivity (Wildman–Crippen MR) is 62.4 cm³/mol. The number of hydrogen-bond acceptors (Lipinski definition) is 6. The van der Waals surface area contributed by atoms with E-state index < -0.39 is 5.97 Å². The number of anilines is 1. The number of carbonyl (C=O) groups excluding carboxylic acids is 3. The minimum Gasteiger partial charge on any atom is -0.461 e. The van der Waals surface area contributed by atoms with Gasteiger partial charge in [0, 0.05) is 13.8 Å². The van der Waals surface area contributed by atoms with E-state index in [1.54, 1.807) is 6.92 Å². The van der Waals surface area contributed by atoms with Gasteiger partial charge in [0.25, 0.3) is 0 Å². The second-order valence-corrected chi connectivity index (χ2v) is 4.15. The molecule has 7 heteroatoms. The van der Waals surface area contributed by atoms with Crippen molar-refractivity contribution in [3.63, 3.8) is 0 Å². The van der Waals surface area contributed by atoms with Crippen LogP contribution in [0.25, 0.3) is 0 Å². The van der Waals surface area contributed by atoms with Crippen molar-refractivity contribution in [2.24, 2.45) is 0 Å². The molecule has 0 radical (unpaired) electrons. The molecule has 0 aromatic carbocycles. The first-order valence-corrected chi connectivity index (χ1v) is 5.73. The second kappa shape index (κ2) is 5.53. The first-order valence-electron chi connectivity index (χ1n) is 4.92. The Morgan fingerprint density at radius 2 is 2.00 bits per heavy atom. The fraction of sp³-hybridized carbons (Fsp3) is 0.400. The number of amides is 1. The maximum absolute atomic E-state index is 11.5. The van der Waals surface area contributed by atoms with Crippen molar-refractivity contribution in [2.75, 3.05) is 11.9 Å². The first kappa shape index (κ1) is 13.3. The van der Waals surface area contributed by atoms with Gasteiger partial charge in [0.05, 0.1) is 6.61 Å². The van der Waals surface area contributed by atoms with Crippen LogP contribution in [0.3, 0.4) is 0 Å². The number of nitrogens with zero attached hydrogens (tertiary/aromatic N) is 1. The van der Waals surface area contributed by atoms with Crippen LogP contribution in [0.15, 0.2) is 0 Å². The van der Waals surface area contributed by atoms with Crippen LogP contribution in [0.4, 0.5) is 5.13 Å². The highest BCUT2D eigenvalue weighted by Crippen LogP contribution is 2.24. The molecule has 92 valence electrons. The Morgan fingerprint density at radius 1 is 1.35 bits per heavy atom. The highest BCUT2D eigenvalue weighted by Gasteiger charge is 2.22. The van der Waals surface area contributed by atoms with E-state index in [0.29, 0.717) is 0 Å². The highest BCUT2D eigenvalue weighted by atomic mass is 32.1. The van der Waals surface area contributed by atoms with Crippen molar-refractivity contribution >= 4 is 34.1 Å². The van der Waals surface area contributed by atoms with Gasteiger partial charge in [-0.1, -0.05) is 11.3 Å². The van der Waals surface area contributed by atoms with Crippen molar-refractivity contribution in [1.29, 1.82) is 0 Å². The van der Waals surface area contributed by atoms with E-state index in [0.717, 1.165) is 11.3 Å². The van der Waals surface area contributed by atoms with Crippen molar-refractivity contribution in [3.05, 3.63) is 10.6 Å². The molecule has 0 saturated carbocycles. The van der Waals surface area contributed by atoms with Gasteiger partial charge in [0.1, 0.15) is 4.88 Å². The molecular formula is C10H12N2O4S. The lowest BCUT2D eigenvalue weighted by Gasteiger charge is -1.98. The molecule has 0 fully saturated rings. The minimum absolute atomic E-state index is 0.0481. The molecule has 0 aliphatic heterocycles. The number of hydrogen-bond donors (Lipinski definition) is 1. The zero-order valence-corrected chi connectivity index (χ0v) is 10.5. The molecule has 1 aromatic rings. The van der Waals surface area contributed by atoms with E-state index in [9.17, 15) is 14.4 Å². The zero-order valence-electron chi connectivity index (χ0n) is 9.70. The summed E-state index contributed by atoms with van der Waals surface area (Å²) in [5, 5.41) is 2.64. The van der Waals surface area contributed by atoms with E-state index >= 15 is 0 Å². The van der Waals surface area contributed by atoms with Crippen LogP contribution >= 0.6 is 11.3 Å². The second-order valence-electron chi connectivity index (χ2n) is 3.15. The number of Topliss-reactive ketones (excluding diaryl/α,β-unsaturated/α-hetero) is 1. The van der Waals surface area contributed by atoms with E-state index in [4.69, 9.17) is 4.74 Å². The van der Waals surface area contributed by atoms with E-state index in [2.05, 4.69) is 10.3 Å². The van der Waals surface area contributed by atoms with Gasteiger partial charge >= 0.3 is 5.97 Å². The van der Waals surface area contributed by atoms with Crippen molar-refractivity contribution < 1.29 is 19.1 Å². The third kappa shape index (κ3) is 3.35. The Balaban J connectivity index is 3.09. The number of nitrogens with one attached hydrogen (secondary N) is 1. The van der Waals surface area contributed by atoms with Crippen LogP contribution < -0.4 is 5.32 Å². The fourth-order valence-corrected chi connectivity index (χ4v) is 2.00. The van der Waals surface area contributed by atoms with Crippen LogP contribution in [-0.4, -0.2) is 29.3 Å². The lowest BCUT2D eigenvalue weighted by molar-refractivity contribution is -0.114. The van der Waals surface area contributed by atoms with Crippen LogP contribution in [0.5, 0.6) is 0 Å². The quantitative estimate of drug-likeness (QED) is 0.651. The molecular weight excluding hydrogens is 244 g/mol. The van der Waals surface area contributed by atoms with E-state index in [-0.39, 0.29) is 34.0 Å². The van der Waals surface area contributed by atoms with Gasteiger partial charge in [-0.05, 0) is 6.92 Å². The lowest BCUT2D eigenvalue weighted by atomic mass is 10.3. The summed E-state index contributed by atoms with van der Waals surface area (Å²) in [7, 11) is 0.